The number of fused-ring (bicyclic) bond motifs is 1. The van der Waals surface area contributed by atoms with Crippen molar-refractivity contribution in [1.82, 2.24) is 10.6 Å². The van der Waals surface area contributed by atoms with Crippen LogP contribution in [0.1, 0.15) is 57.8 Å². The number of carbonyl (C=O) groups is 1. The highest BCUT2D eigenvalue weighted by molar-refractivity contribution is 5.83. The number of nitrogens with one attached hydrogen (secondary N) is 2. The lowest BCUT2D eigenvalue weighted by Gasteiger charge is -2.43. The lowest BCUT2D eigenvalue weighted by molar-refractivity contribution is -0.128. The Hall–Kier alpha value is -0.570. The van der Waals surface area contributed by atoms with Crippen LogP contribution in [0.4, 0.5) is 0 Å². The summed E-state index contributed by atoms with van der Waals surface area (Å²) < 4.78 is 0. The highest BCUT2D eigenvalue weighted by Crippen LogP contribution is 2.30. The summed E-state index contributed by atoms with van der Waals surface area (Å²) in [5, 5.41) is 6.93. The molecule has 0 unspecified atom stereocenters. The standard InChI is InChI=1S/C14H24N2O/c17-14-13(10-6-2-1-3-7-10)15-11-8-4-5-9-12(11)16-14/h10-13,15H,1-9H2,(H,16,17)/t11-,12-,13-/m1/s1. The molecule has 1 amide bonds. The summed E-state index contributed by atoms with van der Waals surface area (Å²) in [5.41, 5.74) is 0. The zero-order chi connectivity index (χ0) is 11.7. The number of hydrogen-bond acceptors (Lipinski definition) is 2. The first kappa shape index (κ1) is 11.5. The largest absolute Gasteiger partial charge is 0.350 e. The Morgan fingerprint density at radius 1 is 0.824 bits per heavy atom. The number of hydrogen-bond donors (Lipinski definition) is 2. The van der Waals surface area contributed by atoms with Crippen molar-refractivity contribution < 1.29 is 4.79 Å². The summed E-state index contributed by atoms with van der Waals surface area (Å²) in [4.78, 5) is 12.2. The average Bonchev–Trinajstić information content (AvgIpc) is 2.39. The summed E-state index contributed by atoms with van der Waals surface area (Å²) in [5.74, 6) is 0.867. The van der Waals surface area contributed by atoms with Gasteiger partial charge in [-0.3, -0.25) is 4.79 Å². The lowest BCUT2D eigenvalue weighted by atomic mass is 9.80. The van der Waals surface area contributed by atoms with Crippen molar-refractivity contribution in [3.8, 4) is 0 Å². The van der Waals surface area contributed by atoms with Gasteiger partial charge in [-0.15, -0.1) is 0 Å². The van der Waals surface area contributed by atoms with Crippen LogP contribution in [0.15, 0.2) is 0 Å². The van der Waals surface area contributed by atoms with Crippen LogP contribution in [-0.2, 0) is 4.79 Å². The van der Waals surface area contributed by atoms with Gasteiger partial charge in [0.05, 0.1) is 6.04 Å². The van der Waals surface area contributed by atoms with Crippen LogP contribution < -0.4 is 10.6 Å². The molecule has 1 aliphatic heterocycles. The van der Waals surface area contributed by atoms with Crippen molar-refractivity contribution >= 4 is 5.91 Å². The third-order valence-electron chi connectivity index (χ3n) is 4.89. The van der Waals surface area contributed by atoms with Gasteiger partial charge in [0.25, 0.3) is 0 Å². The highest BCUT2D eigenvalue weighted by atomic mass is 16.2. The molecule has 17 heavy (non-hydrogen) atoms. The fourth-order valence-corrected chi connectivity index (χ4v) is 3.90. The Bertz CT molecular complexity index is 286. The molecule has 2 aliphatic carbocycles. The lowest BCUT2D eigenvalue weighted by Crippen LogP contribution is -2.66. The molecule has 0 aromatic rings. The molecule has 0 radical (unpaired) electrons. The van der Waals surface area contributed by atoms with Gasteiger partial charge in [0.1, 0.15) is 0 Å². The number of carbonyl (C=O) groups excluding carboxylic acids is 1. The molecule has 3 heteroatoms. The molecule has 0 spiro atoms. The van der Waals surface area contributed by atoms with Gasteiger partial charge in [-0.25, -0.2) is 0 Å². The summed E-state index contributed by atoms with van der Waals surface area (Å²) in [6.07, 6.45) is 11.5. The van der Waals surface area contributed by atoms with E-state index in [2.05, 4.69) is 10.6 Å². The Morgan fingerprint density at radius 2 is 1.47 bits per heavy atom. The predicted octanol–water partition coefficient (Wildman–Crippen LogP) is 1.97. The minimum atomic E-state index is 0.106. The molecule has 0 aromatic heterocycles. The molecule has 1 saturated heterocycles. The summed E-state index contributed by atoms with van der Waals surface area (Å²) >= 11 is 0. The van der Waals surface area contributed by atoms with Crippen molar-refractivity contribution in [3.63, 3.8) is 0 Å². The van der Waals surface area contributed by atoms with Gasteiger partial charge < -0.3 is 10.6 Å². The summed E-state index contributed by atoms with van der Waals surface area (Å²) in [6, 6.07) is 1.07. The first-order chi connectivity index (χ1) is 8.34. The van der Waals surface area contributed by atoms with Crippen molar-refractivity contribution in [3.05, 3.63) is 0 Å². The van der Waals surface area contributed by atoms with Gasteiger partial charge in [-0.05, 0) is 31.6 Å². The molecule has 3 aliphatic rings. The average molecular weight is 236 g/mol. The molecule has 0 bridgehead atoms. The fourth-order valence-electron chi connectivity index (χ4n) is 3.90. The van der Waals surface area contributed by atoms with Gasteiger partial charge in [-0.2, -0.15) is 0 Å². The predicted molar refractivity (Wildman–Crippen MR) is 67.7 cm³/mol. The third-order valence-corrected chi connectivity index (χ3v) is 4.89. The van der Waals surface area contributed by atoms with Crippen LogP contribution in [0.2, 0.25) is 0 Å². The second-order valence-electron chi connectivity index (χ2n) is 6.05. The normalized spacial score (nSPS) is 39.5. The zero-order valence-corrected chi connectivity index (χ0v) is 10.6. The van der Waals surface area contributed by atoms with E-state index in [4.69, 9.17) is 0 Å². The van der Waals surface area contributed by atoms with Crippen LogP contribution in [0, 0.1) is 5.92 Å². The monoisotopic (exact) mass is 236 g/mol. The second-order valence-corrected chi connectivity index (χ2v) is 6.05. The molecule has 3 fully saturated rings. The highest BCUT2D eigenvalue weighted by Gasteiger charge is 2.39. The molecule has 0 aromatic carbocycles. The maximum atomic E-state index is 12.2. The molecular weight excluding hydrogens is 212 g/mol. The van der Waals surface area contributed by atoms with E-state index in [-0.39, 0.29) is 11.9 Å². The molecule has 3 nitrogen and oxygen atoms in total. The van der Waals surface area contributed by atoms with Gasteiger partial charge in [-0.1, -0.05) is 32.1 Å². The minimum Gasteiger partial charge on any atom is -0.350 e. The smallest absolute Gasteiger partial charge is 0.237 e. The van der Waals surface area contributed by atoms with E-state index in [0.29, 0.717) is 18.0 Å². The van der Waals surface area contributed by atoms with Crippen molar-refractivity contribution in [1.29, 1.82) is 0 Å². The molecule has 3 rings (SSSR count). The van der Waals surface area contributed by atoms with Crippen LogP contribution in [-0.4, -0.2) is 24.0 Å². The topological polar surface area (TPSA) is 41.1 Å². The first-order valence-electron chi connectivity index (χ1n) is 7.41. The number of piperazine rings is 1. The van der Waals surface area contributed by atoms with Gasteiger partial charge >= 0.3 is 0 Å². The Kier molecular flexibility index (Phi) is 3.37. The maximum absolute atomic E-state index is 12.2. The van der Waals surface area contributed by atoms with E-state index < -0.39 is 0 Å². The van der Waals surface area contributed by atoms with Crippen LogP contribution in [0.5, 0.6) is 0 Å². The molecule has 2 saturated carbocycles. The van der Waals surface area contributed by atoms with E-state index in [1.165, 1.54) is 57.8 Å². The molecular formula is C14H24N2O. The molecule has 2 N–H and O–H groups in total. The molecule has 3 atom stereocenters. The Morgan fingerprint density at radius 3 is 2.24 bits per heavy atom. The molecule has 96 valence electrons. The van der Waals surface area contributed by atoms with Gasteiger partial charge in [0.15, 0.2) is 0 Å². The minimum absolute atomic E-state index is 0.106. The van der Waals surface area contributed by atoms with Crippen LogP contribution >= 0.6 is 0 Å². The zero-order valence-electron chi connectivity index (χ0n) is 10.6. The van der Waals surface area contributed by atoms with Crippen LogP contribution in [0.25, 0.3) is 0 Å². The van der Waals surface area contributed by atoms with E-state index >= 15 is 0 Å². The second kappa shape index (κ2) is 4.97. The first-order valence-corrected chi connectivity index (χ1v) is 7.41. The fraction of sp³-hybridized carbons (Fsp3) is 0.929. The van der Waals surface area contributed by atoms with Gasteiger partial charge in [0, 0.05) is 12.1 Å². The quantitative estimate of drug-likeness (QED) is 0.731. The number of rotatable bonds is 1. The Balaban J connectivity index is 1.66. The van der Waals surface area contributed by atoms with Crippen molar-refractivity contribution in [2.45, 2.75) is 75.9 Å². The van der Waals surface area contributed by atoms with Gasteiger partial charge in [0.2, 0.25) is 5.91 Å². The summed E-state index contributed by atoms with van der Waals surface area (Å²) in [6.45, 7) is 0. The summed E-state index contributed by atoms with van der Waals surface area (Å²) in [7, 11) is 0. The molecule has 1 heterocycles. The SMILES string of the molecule is O=C1N[C@@H]2CCCC[C@H]2N[C@@H]1C1CCCCC1. The third kappa shape index (κ3) is 2.35. The van der Waals surface area contributed by atoms with Crippen LogP contribution in [0.3, 0.4) is 0 Å². The number of amides is 1. The van der Waals surface area contributed by atoms with E-state index in [1.54, 1.807) is 0 Å². The van der Waals surface area contributed by atoms with E-state index in [1.807, 2.05) is 0 Å². The maximum Gasteiger partial charge on any atom is 0.237 e. The van der Waals surface area contributed by atoms with Crippen molar-refractivity contribution in [2.75, 3.05) is 0 Å². The Labute approximate surface area is 104 Å². The van der Waals surface area contributed by atoms with Crippen molar-refractivity contribution in [2.24, 2.45) is 5.92 Å². The van der Waals surface area contributed by atoms with E-state index in [9.17, 15) is 4.79 Å². The van der Waals surface area contributed by atoms with E-state index in [0.717, 1.165) is 0 Å².